The van der Waals surface area contributed by atoms with Crippen molar-refractivity contribution in [3.8, 4) is 0 Å². The Hall–Kier alpha value is -0.780. The number of nitrogens with zero attached hydrogens (tertiary/aromatic N) is 1. The molecule has 0 spiro atoms. The zero-order valence-corrected chi connectivity index (χ0v) is 12.9. The second kappa shape index (κ2) is 8.01. The average Bonchev–Trinajstić information content (AvgIpc) is 2.41. The molecule has 120 valence electrons. The van der Waals surface area contributed by atoms with Crippen LogP contribution in [0.25, 0.3) is 0 Å². The van der Waals surface area contributed by atoms with Gasteiger partial charge >= 0.3 is 6.18 Å². The SMILES string of the molecule is CNCC1CCN(Cc2ccc(C(F)(F)F)cc2)CC1.Cl. The first-order valence-corrected chi connectivity index (χ1v) is 7.02. The van der Waals surface area contributed by atoms with Gasteiger partial charge in [-0.2, -0.15) is 13.2 Å². The standard InChI is InChI=1S/C15H21F3N2.ClH/c1-19-10-12-6-8-20(9-7-12)11-13-2-4-14(5-3-13)15(16,17)18;/h2-5,12,19H,6-11H2,1H3;1H. The number of halogens is 4. The molecule has 0 amide bonds. The molecule has 2 rings (SSSR count). The molecular weight excluding hydrogens is 301 g/mol. The van der Waals surface area contributed by atoms with Crippen LogP contribution in [-0.2, 0) is 12.7 Å². The molecule has 1 aliphatic heterocycles. The molecule has 0 aromatic heterocycles. The molecule has 0 unspecified atom stereocenters. The molecule has 1 N–H and O–H groups in total. The van der Waals surface area contributed by atoms with Gasteiger partial charge in [0.05, 0.1) is 5.56 Å². The van der Waals surface area contributed by atoms with Gasteiger partial charge in [0.1, 0.15) is 0 Å². The summed E-state index contributed by atoms with van der Waals surface area (Å²) in [6.07, 6.45) is -1.94. The molecule has 21 heavy (non-hydrogen) atoms. The van der Waals surface area contributed by atoms with Crippen LogP contribution in [0.1, 0.15) is 24.0 Å². The quantitative estimate of drug-likeness (QED) is 0.912. The molecule has 0 bridgehead atoms. The van der Waals surface area contributed by atoms with Gasteiger partial charge in [-0.1, -0.05) is 12.1 Å². The van der Waals surface area contributed by atoms with Crippen molar-refractivity contribution in [2.45, 2.75) is 25.6 Å². The van der Waals surface area contributed by atoms with E-state index in [1.165, 1.54) is 12.1 Å². The summed E-state index contributed by atoms with van der Waals surface area (Å²) in [4.78, 5) is 2.31. The number of piperidine rings is 1. The van der Waals surface area contributed by atoms with Gasteiger partial charge in [0.2, 0.25) is 0 Å². The predicted molar refractivity (Wildman–Crippen MR) is 80.6 cm³/mol. The number of alkyl halides is 3. The van der Waals surface area contributed by atoms with E-state index in [1.54, 1.807) is 12.1 Å². The van der Waals surface area contributed by atoms with E-state index in [9.17, 15) is 13.2 Å². The molecule has 0 atom stereocenters. The van der Waals surface area contributed by atoms with Crippen LogP contribution in [0, 0.1) is 5.92 Å². The monoisotopic (exact) mass is 322 g/mol. The average molecular weight is 323 g/mol. The smallest absolute Gasteiger partial charge is 0.319 e. The van der Waals surface area contributed by atoms with Gasteiger partial charge in [0.25, 0.3) is 0 Å². The van der Waals surface area contributed by atoms with Crippen LogP contribution in [-0.4, -0.2) is 31.6 Å². The van der Waals surface area contributed by atoms with Gasteiger partial charge in [0.15, 0.2) is 0 Å². The first kappa shape index (κ1) is 18.3. The number of likely N-dealkylation sites (tertiary alicyclic amines) is 1. The van der Waals surface area contributed by atoms with Gasteiger partial charge < -0.3 is 5.32 Å². The molecule has 1 aromatic rings. The lowest BCUT2D eigenvalue weighted by molar-refractivity contribution is -0.137. The van der Waals surface area contributed by atoms with E-state index in [0.29, 0.717) is 0 Å². The van der Waals surface area contributed by atoms with Crippen molar-refractivity contribution in [1.82, 2.24) is 10.2 Å². The summed E-state index contributed by atoms with van der Waals surface area (Å²) in [6.45, 7) is 3.83. The maximum atomic E-state index is 12.5. The topological polar surface area (TPSA) is 15.3 Å². The molecule has 1 heterocycles. The van der Waals surface area contributed by atoms with E-state index in [-0.39, 0.29) is 12.4 Å². The fourth-order valence-corrected chi connectivity index (χ4v) is 2.69. The van der Waals surface area contributed by atoms with Crippen LogP contribution < -0.4 is 5.32 Å². The lowest BCUT2D eigenvalue weighted by Crippen LogP contribution is -2.36. The van der Waals surface area contributed by atoms with Crippen molar-refractivity contribution in [3.63, 3.8) is 0 Å². The second-order valence-electron chi connectivity index (χ2n) is 5.47. The van der Waals surface area contributed by atoms with Crippen molar-refractivity contribution < 1.29 is 13.2 Å². The minimum Gasteiger partial charge on any atom is -0.319 e. The molecule has 1 aliphatic rings. The van der Waals surface area contributed by atoms with Gasteiger partial charge in [-0.15, -0.1) is 12.4 Å². The van der Waals surface area contributed by atoms with Crippen LogP contribution in [0.2, 0.25) is 0 Å². The van der Waals surface area contributed by atoms with E-state index < -0.39 is 11.7 Å². The summed E-state index contributed by atoms with van der Waals surface area (Å²) in [5.41, 5.74) is 0.374. The zero-order valence-electron chi connectivity index (χ0n) is 12.1. The van der Waals surface area contributed by atoms with E-state index in [0.717, 1.165) is 50.5 Å². The minimum absolute atomic E-state index is 0. The molecule has 1 saturated heterocycles. The molecule has 0 radical (unpaired) electrons. The molecular formula is C15H22ClF3N2. The van der Waals surface area contributed by atoms with Crippen molar-refractivity contribution in [1.29, 1.82) is 0 Å². The Morgan fingerprint density at radius 3 is 2.19 bits per heavy atom. The van der Waals surface area contributed by atoms with Gasteiger partial charge in [-0.05, 0) is 63.1 Å². The van der Waals surface area contributed by atoms with Gasteiger partial charge in [0, 0.05) is 6.54 Å². The predicted octanol–water partition coefficient (Wildman–Crippen LogP) is 3.56. The molecule has 1 fully saturated rings. The van der Waals surface area contributed by atoms with Crippen LogP contribution >= 0.6 is 12.4 Å². The highest BCUT2D eigenvalue weighted by Gasteiger charge is 2.30. The minimum atomic E-state index is -4.25. The summed E-state index contributed by atoms with van der Waals surface area (Å²) >= 11 is 0. The van der Waals surface area contributed by atoms with E-state index in [4.69, 9.17) is 0 Å². The Bertz CT molecular complexity index is 412. The normalized spacial score (nSPS) is 17.5. The molecule has 0 saturated carbocycles. The number of benzene rings is 1. The molecule has 2 nitrogen and oxygen atoms in total. The third kappa shape index (κ3) is 5.49. The van der Waals surface area contributed by atoms with Crippen molar-refractivity contribution in [2.75, 3.05) is 26.7 Å². The Kier molecular flexibility index (Phi) is 6.97. The lowest BCUT2D eigenvalue weighted by atomic mass is 9.96. The Balaban J connectivity index is 0.00000220. The van der Waals surface area contributed by atoms with Crippen LogP contribution in [0.4, 0.5) is 13.2 Å². The lowest BCUT2D eigenvalue weighted by Gasteiger charge is -2.31. The summed E-state index contributed by atoms with van der Waals surface area (Å²) in [5.74, 6) is 0.726. The maximum absolute atomic E-state index is 12.5. The summed E-state index contributed by atoms with van der Waals surface area (Å²) in [5, 5.41) is 3.20. The maximum Gasteiger partial charge on any atom is 0.416 e. The first-order chi connectivity index (χ1) is 9.49. The summed E-state index contributed by atoms with van der Waals surface area (Å²) in [7, 11) is 1.97. The van der Waals surface area contributed by atoms with Crippen molar-refractivity contribution in [2.24, 2.45) is 5.92 Å². The Labute approximate surface area is 130 Å². The fraction of sp³-hybridized carbons (Fsp3) is 0.600. The largest absolute Gasteiger partial charge is 0.416 e. The molecule has 1 aromatic carbocycles. The third-order valence-corrected chi connectivity index (χ3v) is 3.89. The van der Waals surface area contributed by atoms with E-state index in [1.807, 2.05) is 7.05 Å². The second-order valence-corrected chi connectivity index (χ2v) is 5.47. The van der Waals surface area contributed by atoms with E-state index >= 15 is 0 Å². The van der Waals surface area contributed by atoms with Crippen LogP contribution in [0.15, 0.2) is 24.3 Å². The zero-order chi connectivity index (χ0) is 14.6. The fourth-order valence-electron chi connectivity index (χ4n) is 2.69. The van der Waals surface area contributed by atoms with Crippen molar-refractivity contribution >= 4 is 12.4 Å². The Morgan fingerprint density at radius 2 is 1.71 bits per heavy atom. The molecule has 6 heteroatoms. The number of rotatable bonds is 4. The van der Waals surface area contributed by atoms with Crippen LogP contribution in [0.5, 0.6) is 0 Å². The molecule has 0 aliphatic carbocycles. The highest BCUT2D eigenvalue weighted by atomic mass is 35.5. The highest BCUT2D eigenvalue weighted by molar-refractivity contribution is 5.85. The van der Waals surface area contributed by atoms with Crippen LogP contribution in [0.3, 0.4) is 0 Å². The summed E-state index contributed by atoms with van der Waals surface area (Å²) in [6, 6.07) is 5.51. The van der Waals surface area contributed by atoms with E-state index in [2.05, 4.69) is 10.2 Å². The van der Waals surface area contributed by atoms with Gasteiger partial charge in [-0.3, -0.25) is 4.90 Å². The third-order valence-electron chi connectivity index (χ3n) is 3.89. The number of nitrogens with one attached hydrogen (secondary N) is 1. The van der Waals surface area contributed by atoms with Crippen molar-refractivity contribution in [3.05, 3.63) is 35.4 Å². The summed E-state index contributed by atoms with van der Waals surface area (Å²) < 4.78 is 37.4. The number of hydrogen-bond acceptors (Lipinski definition) is 2. The highest BCUT2D eigenvalue weighted by Crippen LogP contribution is 2.29. The number of hydrogen-bond donors (Lipinski definition) is 1. The Morgan fingerprint density at radius 1 is 1.14 bits per heavy atom. The van der Waals surface area contributed by atoms with Gasteiger partial charge in [-0.25, -0.2) is 0 Å². The first-order valence-electron chi connectivity index (χ1n) is 7.02.